The Hall–Kier alpha value is -1.43. The van der Waals surface area contributed by atoms with Crippen molar-refractivity contribution >= 4 is 21.6 Å². The van der Waals surface area contributed by atoms with Crippen LogP contribution in [0.3, 0.4) is 0 Å². The van der Waals surface area contributed by atoms with Crippen LogP contribution in [-0.2, 0) is 7.05 Å². The van der Waals surface area contributed by atoms with Crippen molar-refractivity contribution in [2.24, 2.45) is 7.05 Å². The van der Waals surface area contributed by atoms with Crippen LogP contribution in [0.1, 0.15) is 0 Å². The van der Waals surface area contributed by atoms with Crippen molar-refractivity contribution in [3.63, 3.8) is 0 Å². The molecule has 6 heteroatoms. The van der Waals surface area contributed by atoms with Crippen LogP contribution in [0, 0.1) is 0 Å². The summed E-state index contributed by atoms with van der Waals surface area (Å²) in [6.07, 6.45) is 3.34. The first-order chi connectivity index (χ1) is 6.70. The fraction of sp³-hybridized carbons (Fsp3) is 0.125. The number of pyridine rings is 1. The Kier molecular flexibility index (Phi) is 2.20. The van der Waals surface area contributed by atoms with Crippen LogP contribution in [0.15, 0.2) is 23.1 Å². The first kappa shape index (κ1) is 9.14. The lowest BCUT2D eigenvalue weighted by Crippen LogP contribution is -1.97. The summed E-state index contributed by atoms with van der Waals surface area (Å²) >= 11 is 3.31. The molecule has 0 spiro atoms. The van der Waals surface area contributed by atoms with E-state index in [2.05, 4.69) is 31.2 Å². The van der Waals surface area contributed by atoms with E-state index in [0.717, 1.165) is 11.3 Å². The number of hydrogen-bond donors (Lipinski definition) is 1. The molecule has 0 unspecified atom stereocenters. The van der Waals surface area contributed by atoms with Gasteiger partial charge in [-0.05, 0) is 22.0 Å². The molecule has 0 saturated heterocycles. The van der Waals surface area contributed by atoms with Gasteiger partial charge in [-0.25, -0.2) is 4.68 Å². The van der Waals surface area contributed by atoms with E-state index in [-0.39, 0.29) is 0 Å². The molecule has 2 N–H and O–H groups in total. The van der Waals surface area contributed by atoms with Gasteiger partial charge in [0.15, 0.2) is 4.60 Å². The summed E-state index contributed by atoms with van der Waals surface area (Å²) in [5, 5.41) is 7.75. The fourth-order valence-electron chi connectivity index (χ4n) is 1.22. The number of anilines is 1. The third-order valence-electron chi connectivity index (χ3n) is 1.90. The number of rotatable bonds is 1. The molecule has 0 amide bonds. The highest BCUT2D eigenvalue weighted by molar-refractivity contribution is 9.10. The number of nitrogen functional groups attached to an aromatic ring is 1. The minimum Gasteiger partial charge on any atom is -0.398 e. The van der Waals surface area contributed by atoms with Gasteiger partial charge < -0.3 is 5.73 Å². The summed E-state index contributed by atoms with van der Waals surface area (Å²) in [5.41, 5.74) is 8.13. The highest BCUT2D eigenvalue weighted by Crippen LogP contribution is 2.28. The molecule has 0 fully saturated rings. The number of nitrogens with two attached hydrogens (primary N) is 1. The fourth-order valence-corrected chi connectivity index (χ4v) is 1.76. The van der Waals surface area contributed by atoms with Crippen LogP contribution < -0.4 is 5.73 Å². The lowest BCUT2D eigenvalue weighted by atomic mass is 10.2. The summed E-state index contributed by atoms with van der Waals surface area (Å²) in [7, 11) is 1.81. The first-order valence-electron chi connectivity index (χ1n) is 3.95. The van der Waals surface area contributed by atoms with Crippen LogP contribution in [0.2, 0.25) is 0 Å². The Balaban J connectivity index is 2.66. The van der Waals surface area contributed by atoms with Crippen LogP contribution >= 0.6 is 15.9 Å². The summed E-state index contributed by atoms with van der Waals surface area (Å²) in [5.74, 6) is 0. The molecule has 72 valence electrons. The van der Waals surface area contributed by atoms with E-state index in [1.807, 2.05) is 0 Å². The Bertz CT molecular complexity index is 445. The maximum atomic E-state index is 5.82. The zero-order valence-corrected chi connectivity index (χ0v) is 9.06. The largest absolute Gasteiger partial charge is 0.398 e. The van der Waals surface area contributed by atoms with Crippen molar-refractivity contribution < 1.29 is 0 Å². The molecule has 0 aliphatic carbocycles. The number of halogens is 1. The molecule has 2 aromatic rings. The molecule has 0 aliphatic heterocycles. The Morgan fingerprint density at radius 2 is 2.29 bits per heavy atom. The van der Waals surface area contributed by atoms with Crippen LogP contribution in [0.25, 0.3) is 11.3 Å². The quantitative estimate of drug-likeness (QED) is 0.830. The number of hydrogen-bond acceptors (Lipinski definition) is 4. The molecule has 14 heavy (non-hydrogen) atoms. The summed E-state index contributed by atoms with van der Waals surface area (Å²) in [6, 6.07) is 1.74. The molecule has 0 aromatic carbocycles. The molecule has 0 atom stereocenters. The molecule has 2 rings (SSSR count). The van der Waals surface area contributed by atoms with Crippen molar-refractivity contribution in [3.8, 4) is 11.3 Å². The number of nitrogens with zero attached hydrogens (tertiary/aromatic N) is 4. The molecule has 0 aliphatic rings. The number of aryl methyl sites for hydroxylation is 1. The SMILES string of the molecule is Cn1nnc(Br)c1-c1cnccc1N. The molecule has 2 aromatic heterocycles. The van der Waals surface area contributed by atoms with E-state index in [0.29, 0.717) is 10.3 Å². The van der Waals surface area contributed by atoms with E-state index in [9.17, 15) is 0 Å². The zero-order valence-electron chi connectivity index (χ0n) is 7.48. The maximum Gasteiger partial charge on any atom is 0.156 e. The van der Waals surface area contributed by atoms with Gasteiger partial charge in [0.1, 0.15) is 5.69 Å². The van der Waals surface area contributed by atoms with Crippen LogP contribution in [-0.4, -0.2) is 20.0 Å². The molecular weight excluding hydrogens is 246 g/mol. The second kappa shape index (κ2) is 3.38. The lowest BCUT2D eigenvalue weighted by molar-refractivity contribution is 0.720. The van der Waals surface area contributed by atoms with Gasteiger partial charge in [-0.2, -0.15) is 0 Å². The van der Waals surface area contributed by atoms with Gasteiger partial charge in [-0.3, -0.25) is 4.98 Å². The van der Waals surface area contributed by atoms with Gasteiger partial charge in [0.05, 0.1) is 0 Å². The third kappa shape index (κ3) is 1.37. The van der Waals surface area contributed by atoms with Crippen molar-refractivity contribution in [3.05, 3.63) is 23.1 Å². The smallest absolute Gasteiger partial charge is 0.156 e. The van der Waals surface area contributed by atoms with Crippen LogP contribution in [0.4, 0.5) is 5.69 Å². The van der Waals surface area contributed by atoms with Crippen molar-refractivity contribution in [1.82, 2.24) is 20.0 Å². The molecule has 2 heterocycles. The average Bonchev–Trinajstić information content (AvgIpc) is 2.48. The lowest BCUT2D eigenvalue weighted by Gasteiger charge is -2.03. The molecular formula is C8H8BrN5. The minimum absolute atomic E-state index is 0.658. The Morgan fingerprint density at radius 3 is 2.86 bits per heavy atom. The molecule has 5 nitrogen and oxygen atoms in total. The highest BCUT2D eigenvalue weighted by atomic mass is 79.9. The van der Waals surface area contributed by atoms with Gasteiger partial charge in [-0.15, -0.1) is 5.10 Å². The molecule has 0 bridgehead atoms. The summed E-state index contributed by atoms with van der Waals surface area (Å²) in [6.45, 7) is 0. The van der Waals surface area contributed by atoms with E-state index in [1.54, 1.807) is 30.2 Å². The van der Waals surface area contributed by atoms with Gasteiger partial charge >= 0.3 is 0 Å². The average molecular weight is 254 g/mol. The van der Waals surface area contributed by atoms with Crippen molar-refractivity contribution in [2.75, 3.05) is 5.73 Å². The van der Waals surface area contributed by atoms with Crippen LogP contribution in [0.5, 0.6) is 0 Å². The maximum absolute atomic E-state index is 5.82. The van der Waals surface area contributed by atoms with Gasteiger partial charge in [0.2, 0.25) is 0 Å². The van der Waals surface area contributed by atoms with Crippen molar-refractivity contribution in [1.29, 1.82) is 0 Å². The predicted molar refractivity (Wildman–Crippen MR) is 56.3 cm³/mol. The van der Waals surface area contributed by atoms with E-state index in [1.165, 1.54) is 0 Å². The molecule has 0 radical (unpaired) electrons. The zero-order chi connectivity index (χ0) is 10.1. The van der Waals surface area contributed by atoms with E-state index < -0.39 is 0 Å². The minimum atomic E-state index is 0.658. The third-order valence-corrected chi connectivity index (χ3v) is 2.43. The predicted octanol–water partition coefficient (Wildman–Crippen LogP) is 1.22. The van der Waals surface area contributed by atoms with E-state index >= 15 is 0 Å². The second-order valence-corrected chi connectivity index (χ2v) is 3.57. The topological polar surface area (TPSA) is 69.6 Å². The summed E-state index contributed by atoms with van der Waals surface area (Å²) in [4.78, 5) is 4.01. The second-order valence-electron chi connectivity index (χ2n) is 2.82. The molecule has 0 saturated carbocycles. The van der Waals surface area contributed by atoms with Gasteiger partial charge in [0, 0.05) is 30.7 Å². The van der Waals surface area contributed by atoms with Gasteiger partial charge in [-0.1, -0.05) is 5.21 Å². The van der Waals surface area contributed by atoms with Crippen molar-refractivity contribution in [2.45, 2.75) is 0 Å². The Labute approximate surface area is 89.1 Å². The normalized spacial score (nSPS) is 10.4. The Morgan fingerprint density at radius 1 is 1.50 bits per heavy atom. The monoisotopic (exact) mass is 253 g/mol. The first-order valence-corrected chi connectivity index (χ1v) is 4.74. The van der Waals surface area contributed by atoms with E-state index in [4.69, 9.17) is 5.73 Å². The van der Waals surface area contributed by atoms with Gasteiger partial charge in [0.25, 0.3) is 0 Å². The number of aromatic nitrogens is 4. The highest BCUT2D eigenvalue weighted by Gasteiger charge is 2.12. The summed E-state index contributed by atoms with van der Waals surface area (Å²) < 4.78 is 2.32. The standard InChI is InChI=1S/C8H8BrN5/c1-14-7(8(9)12-13-14)5-4-11-3-2-6(5)10/h2-4H,1H3,(H2,10,11).